The standard InChI is InChI=1S/C14H21ClN2O/c1-3-5-9-17(10-6-4-2)14(18)12-7-8-16-13(15)11-12/h7-8,11H,3-6,9-10H2,1-2H3. The SMILES string of the molecule is CCCCN(CCCC)C(=O)c1ccnc(Cl)c1. The molecule has 100 valence electrons. The largest absolute Gasteiger partial charge is 0.339 e. The fourth-order valence-corrected chi connectivity index (χ4v) is 1.90. The third-order valence-electron chi connectivity index (χ3n) is 2.82. The normalized spacial score (nSPS) is 10.4. The molecule has 0 aliphatic rings. The molecular weight excluding hydrogens is 248 g/mol. The molecule has 0 saturated heterocycles. The van der Waals surface area contributed by atoms with Gasteiger partial charge in [0.05, 0.1) is 0 Å². The zero-order chi connectivity index (χ0) is 13.4. The minimum Gasteiger partial charge on any atom is -0.339 e. The summed E-state index contributed by atoms with van der Waals surface area (Å²) >= 11 is 5.82. The first kappa shape index (κ1) is 15.0. The maximum Gasteiger partial charge on any atom is 0.254 e. The average Bonchev–Trinajstić information content (AvgIpc) is 2.38. The molecule has 1 rings (SSSR count). The summed E-state index contributed by atoms with van der Waals surface area (Å²) in [6.45, 7) is 5.89. The van der Waals surface area contributed by atoms with Crippen LogP contribution in [0.2, 0.25) is 5.15 Å². The number of nitrogens with zero attached hydrogens (tertiary/aromatic N) is 2. The average molecular weight is 269 g/mol. The van der Waals surface area contributed by atoms with Gasteiger partial charge in [0.1, 0.15) is 5.15 Å². The molecule has 0 radical (unpaired) electrons. The number of amides is 1. The molecule has 0 saturated carbocycles. The van der Waals surface area contributed by atoms with Crippen LogP contribution in [0, 0.1) is 0 Å². The second-order valence-electron chi connectivity index (χ2n) is 4.37. The van der Waals surface area contributed by atoms with E-state index in [0.717, 1.165) is 38.8 Å². The van der Waals surface area contributed by atoms with Gasteiger partial charge in [-0.25, -0.2) is 4.98 Å². The van der Waals surface area contributed by atoms with Crippen molar-refractivity contribution in [2.24, 2.45) is 0 Å². The number of rotatable bonds is 7. The van der Waals surface area contributed by atoms with Crippen molar-refractivity contribution in [3.05, 3.63) is 29.0 Å². The number of carbonyl (C=O) groups is 1. The second-order valence-corrected chi connectivity index (χ2v) is 4.75. The van der Waals surface area contributed by atoms with Gasteiger partial charge in [-0.3, -0.25) is 4.79 Å². The Hall–Kier alpha value is -1.09. The zero-order valence-electron chi connectivity index (χ0n) is 11.2. The van der Waals surface area contributed by atoms with Crippen LogP contribution in [0.15, 0.2) is 18.3 Å². The topological polar surface area (TPSA) is 33.2 Å². The summed E-state index contributed by atoms with van der Waals surface area (Å²) in [5, 5.41) is 0.367. The van der Waals surface area contributed by atoms with Gasteiger partial charge in [-0.1, -0.05) is 38.3 Å². The molecular formula is C14H21ClN2O. The monoisotopic (exact) mass is 268 g/mol. The molecule has 18 heavy (non-hydrogen) atoms. The highest BCUT2D eigenvalue weighted by Crippen LogP contribution is 2.11. The number of carbonyl (C=O) groups excluding carboxylic acids is 1. The Kier molecular flexibility index (Phi) is 6.73. The van der Waals surface area contributed by atoms with Gasteiger partial charge in [0.2, 0.25) is 0 Å². The van der Waals surface area contributed by atoms with Crippen LogP contribution >= 0.6 is 11.6 Å². The van der Waals surface area contributed by atoms with Crippen molar-refractivity contribution in [1.29, 1.82) is 0 Å². The molecule has 1 amide bonds. The van der Waals surface area contributed by atoms with Gasteiger partial charge in [0, 0.05) is 24.8 Å². The number of halogens is 1. The first-order chi connectivity index (χ1) is 8.69. The van der Waals surface area contributed by atoms with Gasteiger partial charge in [0.25, 0.3) is 5.91 Å². The Labute approximate surface area is 114 Å². The molecule has 0 spiro atoms. The number of unbranched alkanes of at least 4 members (excludes halogenated alkanes) is 2. The van der Waals surface area contributed by atoms with Crippen molar-refractivity contribution in [2.75, 3.05) is 13.1 Å². The maximum atomic E-state index is 12.3. The summed E-state index contributed by atoms with van der Waals surface area (Å²) in [5.41, 5.74) is 0.627. The Bertz CT molecular complexity index is 374. The minimum absolute atomic E-state index is 0.0567. The smallest absolute Gasteiger partial charge is 0.254 e. The molecule has 3 nitrogen and oxygen atoms in total. The van der Waals surface area contributed by atoms with E-state index in [1.54, 1.807) is 18.3 Å². The first-order valence-corrected chi connectivity index (χ1v) is 6.97. The van der Waals surface area contributed by atoms with E-state index in [2.05, 4.69) is 18.8 Å². The lowest BCUT2D eigenvalue weighted by atomic mass is 10.2. The number of pyridine rings is 1. The van der Waals surface area contributed by atoms with Gasteiger partial charge in [-0.05, 0) is 25.0 Å². The minimum atomic E-state index is 0.0567. The zero-order valence-corrected chi connectivity index (χ0v) is 11.9. The number of aromatic nitrogens is 1. The van der Waals surface area contributed by atoms with Crippen molar-refractivity contribution < 1.29 is 4.79 Å². The fourth-order valence-electron chi connectivity index (χ4n) is 1.73. The second kappa shape index (κ2) is 8.09. The van der Waals surface area contributed by atoms with E-state index in [4.69, 9.17) is 11.6 Å². The van der Waals surface area contributed by atoms with Crippen LogP contribution < -0.4 is 0 Å². The van der Waals surface area contributed by atoms with Crippen LogP contribution in [-0.4, -0.2) is 28.9 Å². The van der Waals surface area contributed by atoms with Gasteiger partial charge in [-0.2, -0.15) is 0 Å². The molecule has 4 heteroatoms. The van der Waals surface area contributed by atoms with Crippen molar-refractivity contribution in [1.82, 2.24) is 9.88 Å². The molecule has 0 unspecified atom stereocenters. The molecule has 1 aromatic heterocycles. The Morgan fingerprint density at radius 3 is 2.39 bits per heavy atom. The highest BCUT2D eigenvalue weighted by atomic mass is 35.5. The Morgan fingerprint density at radius 1 is 1.28 bits per heavy atom. The van der Waals surface area contributed by atoms with Crippen molar-refractivity contribution in [2.45, 2.75) is 39.5 Å². The molecule has 0 aliphatic carbocycles. The van der Waals surface area contributed by atoms with Crippen LogP contribution in [0.25, 0.3) is 0 Å². The van der Waals surface area contributed by atoms with Crippen molar-refractivity contribution in [3.63, 3.8) is 0 Å². The fraction of sp³-hybridized carbons (Fsp3) is 0.571. The summed E-state index contributed by atoms with van der Waals surface area (Å²) < 4.78 is 0. The number of hydrogen-bond acceptors (Lipinski definition) is 2. The van der Waals surface area contributed by atoms with Crippen LogP contribution in [0.1, 0.15) is 49.9 Å². The van der Waals surface area contributed by atoms with Gasteiger partial charge < -0.3 is 4.90 Å². The van der Waals surface area contributed by atoms with E-state index >= 15 is 0 Å². The lowest BCUT2D eigenvalue weighted by Crippen LogP contribution is -2.33. The summed E-state index contributed by atoms with van der Waals surface area (Å²) in [7, 11) is 0. The van der Waals surface area contributed by atoms with Crippen molar-refractivity contribution >= 4 is 17.5 Å². The summed E-state index contributed by atoms with van der Waals surface area (Å²) in [4.78, 5) is 18.2. The predicted molar refractivity (Wildman–Crippen MR) is 75.0 cm³/mol. The lowest BCUT2D eigenvalue weighted by Gasteiger charge is -2.22. The van der Waals surface area contributed by atoms with Crippen LogP contribution in [-0.2, 0) is 0 Å². The third kappa shape index (κ3) is 4.65. The number of hydrogen-bond donors (Lipinski definition) is 0. The Balaban J connectivity index is 2.73. The lowest BCUT2D eigenvalue weighted by molar-refractivity contribution is 0.0751. The van der Waals surface area contributed by atoms with E-state index < -0.39 is 0 Å². The van der Waals surface area contributed by atoms with E-state index in [1.807, 2.05) is 4.90 Å². The van der Waals surface area contributed by atoms with Gasteiger partial charge in [0.15, 0.2) is 0 Å². The maximum absolute atomic E-state index is 12.3. The van der Waals surface area contributed by atoms with Crippen LogP contribution in [0.4, 0.5) is 0 Å². The summed E-state index contributed by atoms with van der Waals surface area (Å²) in [6.07, 6.45) is 5.83. The highest BCUT2D eigenvalue weighted by Gasteiger charge is 2.15. The molecule has 0 N–H and O–H groups in total. The molecule has 0 aliphatic heterocycles. The molecule has 0 atom stereocenters. The predicted octanol–water partition coefficient (Wildman–Crippen LogP) is 3.78. The molecule has 0 bridgehead atoms. The van der Waals surface area contributed by atoms with Crippen molar-refractivity contribution in [3.8, 4) is 0 Å². The quantitative estimate of drug-likeness (QED) is 0.705. The summed E-state index contributed by atoms with van der Waals surface area (Å²) in [6, 6.07) is 3.36. The van der Waals surface area contributed by atoms with E-state index in [9.17, 15) is 4.79 Å². The molecule has 1 heterocycles. The highest BCUT2D eigenvalue weighted by molar-refractivity contribution is 6.29. The van der Waals surface area contributed by atoms with Crippen LogP contribution in [0.5, 0.6) is 0 Å². The van der Waals surface area contributed by atoms with E-state index in [1.165, 1.54) is 0 Å². The Morgan fingerprint density at radius 2 is 1.89 bits per heavy atom. The van der Waals surface area contributed by atoms with Gasteiger partial charge in [-0.15, -0.1) is 0 Å². The van der Waals surface area contributed by atoms with Crippen LogP contribution in [0.3, 0.4) is 0 Å². The molecule has 0 aromatic carbocycles. The molecule has 0 fully saturated rings. The summed E-state index contributed by atoms with van der Waals surface area (Å²) in [5.74, 6) is 0.0567. The van der Waals surface area contributed by atoms with E-state index in [0.29, 0.717) is 10.7 Å². The van der Waals surface area contributed by atoms with E-state index in [-0.39, 0.29) is 5.91 Å². The third-order valence-corrected chi connectivity index (χ3v) is 3.03. The van der Waals surface area contributed by atoms with Gasteiger partial charge >= 0.3 is 0 Å². The molecule has 1 aromatic rings. The first-order valence-electron chi connectivity index (χ1n) is 6.59.